The maximum absolute atomic E-state index is 13.1. The summed E-state index contributed by atoms with van der Waals surface area (Å²) in [5.74, 6) is 0.710. The fourth-order valence-electron chi connectivity index (χ4n) is 7.15. The third kappa shape index (κ3) is 7.06. The average Bonchev–Trinajstić information content (AvgIpc) is 3.45. The van der Waals surface area contributed by atoms with Crippen LogP contribution in [-0.4, -0.2) is 120 Å². The number of rotatable bonds is 8. The molecule has 1 N–H and O–H groups in total. The molecule has 3 aliphatic heterocycles. The molecule has 4 unspecified atom stereocenters. The Bertz CT molecular complexity index is 806. The van der Waals surface area contributed by atoms with E-state index in [0.717, 1.165) is 64.9 Å². The van der Waals surface area contributed by atoms with Crippen LogP contribution in [0.5, 0.6) is 0 Å². The molecule has 4 atom stereocenters. The summed E-state index contributed by atoms with van der Waals surface area (Å²) in [6, 6.07) is -0.177. The Kier molecular flexibility index (Phi) is 9.41. The monoisotopic (exact) mass is 521 g/mol. The molecular formula is C29H55N5O3. The van der Waals surface area contributed by atoms with E-state index >= 15 is 0 Å². The number of likely N-dealkylation sites (N-methyl/N-ethyl adjacent to an activating group) is 2. The average molecular weight is 522 g/mol. The Morgan fingerprint density at radius 2 is 1.57 bits per heavy atom. The van der Waals surface area contributed by atoms with Gasteiger partial charge >= 0.3 is 0 Å². The van der Waals surface area contributed by atoms with E-state index in [2.05, 4.69) is 68.5 Å². The van der Waals surface area contributed by atoms with E-state index < -0.39 is 0 Å². The van der Waals surface area contributed by atoms with Crippen molar-refractivity contribution in [3.63, 3.8) is 0 Å². The lowest BCUT2D eigenvalue weighted by molar-refractivity contribution is -0.135. The predicted octanol–water partition coefficient (Wildman–Crippen LogP) is 2.81. The van der Waals surface area contributed by atoms with Crippen LogP contribution in [-0.2, 0) is 14.3 Å². The van der Waals surface area contributed by atoms with E-state index in [9.17, 15) is 9.59 Å². The highest BCUT2D eigenvalue weighted by molar-refractivity contribution is 5.82. The van der Waals surface area contributed by atoms with Gasteiger partial charge in [-0.25, -0.2) is 0 Å². The SMILES string of the molecule is CNC(=O)C1CC(CC(C)(C)N2CCCC2C(=O)N(C)C)CN1C(C)(C)CC1CN(C(C)(C)C)CCO1. The summed E-state index contributed by atoms with van der Waals surface area (Å²) in [7, 11) is 5.46. The van der Waals surface area contributed by atoms with E-state index in [-0.39, 0.29) is 46.6 Å². The zero-order valence-corrected chi connectivity index (χ0v) is 25.4. The quantitative estimate of drug-likeness (QED) is 0.530. The minimum atomic E-state index is -0.168. The van der Waals surface area contributed by atoms with E-state index in [1.165, 1.54) is 0 Å². The molecule has 3 heterocycles. The molecule has 3 rings (SSSR count). The molecule has 214 valence electrons. The summed E-state index contributed by atoms with van der Waals surface area (Å²) in [4.78, 5) is 35.1. The van der Waals surface area contributed by atoms with Crippen molar-refractivity contribution in [2.75, 3.05) is 53.9 Å². The van der Waals surface area contributed by atoms with E-state index in [1.54, 1.807) is 11.9 Å². The van der Waals surface area contributed by atoms with E-state index in [0.29, 0.717) is 5.92 Å². The zero-order valence-electron chi connectivity index (χ0n) is 25.4. The summed E-state index contributed by atoms with van der Waals surface area (Å²) >= 11 is 0. The number of nitrogens with zero attached hydrogens (tertiary/aromatic N) is 4. The second-order valence-corrected chi connectivity index (χ2v) is 14.1. The third-order valence-electron chi connectivity index (χ3n) is 9.07. The van der Waals surface area contributed by atoms with Crippen molar-refractivity contribution >= 4 is 11.8 Å². The van der Waals surface area contributed by atoms with Crippen LogP contribution < -0.4 is 5.32 Å². The van der Waals surface area contributed by atoms with Crippen LogP contribution in [0, 0.1) is 5.92 Å². The van der Waals surface area contributed by atoms with Crippen molar-refractivity contribution in [1.29, 1.82) is 0 Å². The first-order valence-corrected chi connectivity index (χ1v) is 14.4. The number of amides is 2. The van der Waals surface area contributed by atoms with Crippen molar-refractivity contribution in [3.05, 3.63) is 0 Å². The number of hydrogen-bond acceptors (Lipinski definition) is 6. The fourth-order valence-corrected chi connectivity index (χ4v) is 7.15. The van der Waals surface area contributed by atoms with Gasteiger partial charge in [-0.15, -0.1) is 0 Å². The first kappa shape index (κ1) is 30.3. The van der Waals surface area contributed by atoms with Gasteiger partial charge in [0.1, 0.15) is 0 Å². The van der Waals surface area contributed by atoms with Gasteiger partial charge in [0.15, 0.2) is 0 Å². The minimum absolute atomic E-state index is 0.0390. The van der Waals surface area contributed by atoms with Gasteiger partial charge in [-0.3, -0.25) is 24.3 Å². The molecule has 3 saturated heterocycles. The largest absolute Gasteiger partial charge is 0.375 e. The van der Waals surface area contributed by atoms with E-state index in [1.807, 2.05) is 14.1 Å². The second kappa shape index (κ2) is 11.5. The highest BCUT2D eigenvalue weighted by Gasteiger charge is 2.48. The van der Waals surface area contributed by atoms with E-state index in [4.69, 9.17) is 4.74 Å². The van der Waals surface area contributed by atoms with Crippen LogP contribution in [0.1, 0.15) is 80.6 Å². The zero-order chi connectivity index (χ0) is 27.8. The number of carbonyl (C=O) groups excluding carboxylic acids is 2. The Hall–Kier alpha value is -1.22. The van der Waals surface area contributed by atoms with Crippen molar-refractivity contribution in [2.24, 2.45) is 5.92 Å². The van der Waals surface area contributed by atoms with Crippen LogP contribution >= 0.6 is 0 Å². The highest BCUT2D eigenvalue weighted by atomic mass is 16.5. The topological polar surface area (TPSA) is 68.4 Å². The lowest BCUT2D eigenvalue weighted by Crippen LogP contribution is -2.57. The smallest absolute Gasteiger partial charge is 0.239 e. The molecule has 37 heavy (non-hydrogen) atoms. The molecule has 0 aromatic heterocycles. The Morgan fingerprint density at radius 3 is 2.16 bits per heavy atom. The number of morpholine rings is 1. The molecule has 0 saturated carbocycles. The molecule has 0 bridgehead atoms. The Morgan fingerprint density at radius 1 is 0.919 bits per heavy atom. The van der Waals surface area contributed by atoms with Gasteiger partial charge in [-0.1, -0.05) is 0 Å². The first-order valence-electron chi connectivity index (χ1n) is 14.4. The van der Waals surface area contributed by atoms with Crippen molar-refractivity contribution in [2.45, 2.75) is 115 Å². The fraction of sp³-hybridized carbons (Fsp3) is 0.931. The lowest BCUT2D eigenvalue weighted by atomic mass is 9.86. The summed E-state index contributed by atoms with van der Waals surface area (Å²) in [5.41, 5.74) is -0.147. The molecule has 0 spiro atoms. The van der Waals surface area contributed by atoms with Gasteiger partial charge in [0.2, 0.25) is 11.8 Å². The standard InChI is InChI=1S/C29H55N5O3/c1-27(2,3)32-14-15-37-22(20-32)18-29(6,7)34-19-21(16-24(34)25(35)30-8)17-28(4,5)33-13-11-12-23(33)26(36)31(9)10/h21-24H,11-20H2,1-10H3,(H,30,35). The molecule has 0 aromatic rings. The molecule has 3 fully saturated rings. The molecule has 2 amide bonds. The molecule has 3 aliphatic rings. The normalized spacial score (nSPS) is 29.0. The Labute approximate surface area is 226 Å². The van der Waals surface area contributed by atoms with Gasteiger partial charge in [0.05, 0.1) is 24.8 Å². The van der Waals surface area contributed by atoms with Crippen molar-refractivity contribution in [3.8, 4) is 0 Å². The maximum Gasteiger partial charge on any atom is 0.239 e. The van der Waals surface area contributed by atoms with Crippen molar-refractivity contribution < 1.29 is 14.3 Å². The van der Waals surface area contributed by atoms with Gasteiger partial charge in [0, 0.05) is 57.4 Å². The molecule has 0 aromatic carbocycles. The maximum atomic E-state index is 13.1. The third-order valence-corrected chi connectivity index (χ3v) is 9.07. The molecule has 0 aliphatic carbocycles. The molecular weight excluding hydrogens is 466 g/mol. The van der Waals surface area contributed by atoms with Gasteiger partial charge in [-0.2, -0.15) is 0 Å². The molecule has 8 nitrogen and oxygen atoms in total. The second-order valence-electron chi connectivity index (χ2n) is 14.1. The van der Waals surface area contributed by atoms with Crippen LogP contribution in [0.15, 0.2) is 0 Å². The van der Waals surface area contributed by atoms with Crippen LogP contribution in [0.3, 0.4) is 0 Å². The Balaban J connectivity index is 1.72. The molecule has 8 heteroatoms. The minimum Gasteiger partial charge on any atom is -0.375 e. The van der Waals surface area contributed by atoms with Crippen LogP contribution in [0.4, 0.5) is 0 Å². The summed E-state index contributed by atoms with van der Waals surface area (Å²) in [6.07, 6.45) is 4.87. The number of hydrogen-bond donors (Lipinski definition) is 1. The first-order chi connectivity index (χ1) is 17.1. The van der Waals surface area contributed by atoms with Gasteiger partial charge in [-0.05, 0) is 93.0 Å². The summed E-state index contributed by atoms with van der Waals surface area (Å²) in [5, 5.41) is 2.93. The number of likely N-dealkylation sites (tertiary alicyclic amines) is 2. The van der Waals surface area contributed by atoms with Crippen LogP contribution in [0.2, 0.25) is 0 Å². The summed E-state index contributed by atoms with van der Waals surface area (Å²) in [6.45, 7) is 20.5. The predicted molar refractivity (Wildman–Crippen MR) is 150 cm³/mol. The van der Waals surface area contributed by atoms with Gasteiger partial charge in [0.25, 0.3) is 0 Å². The summed E-state index contributed by atoms with van der Waals surface area (Å²) < 4.78 is 6.24. The number of nitrogens with one attached hydrogen (secondary N) is 1. The van der Waals surface area contributed by atoms with Crippen molar-refractivity contribution in [1.82, 2.24) is 24.9 Å². The number of carbonyl (C=O) groups is 2. The lowest BCUT2D eigenvalue weighted by Gasteiger charge is -2.46. The number of ether oxygens (including phenoxy) is 1. The molecule has 0 radical (unpaired) electrons. The highest BCUT2D eigenvalue weighted by Crippen LogP contribution is 2.40. The van der Waals surface area contributed by atoms with Crippen LogP contribution in [0.25, 0.3) is 0 Å². The van der Waals surface area contributed by atoms with Gasteiger partial charge < -0.3 is 15.0 Å².